The summed E-state index contributed by atoms with van der Waals surface area (Å²) in [5.41, 5.74) is 0.124. The molecule has 7 nitrogen and oxygen atoms in total. The predicted molar refractivity (Wildman–Crippen MR) is 99.5 cm³/mol. The van der Waals surface area contributed by atoms with Gasteiger partial charge in [0, 0.05) is 17.8 Å². The van der Waals surface area contributed by atoms with Gasteiger partial charge in [0.2, 0.25) is 11.7 Å². The van der Waals surface area contributed by atoms with E-state index in [2.05, 4.69) is 5.32 Å². The highest BCUT2D eigenvalue weighted by Crippen LogP contribution is 2.28. The summed E-state index contributed by atoms with van der Waals surface area (Å²) in [4.78, 5) is 21.9. The lowest BCUT2D eigenvalue weighted by Gasteiger charge is -2.10. The van der Waals surface area contributed by atoms with Crippen LogP contribution in [0.15, 0.2) is 42.5 Å². The third kappa shape index (κ3) is 5.53. The Balaban J connectivity index is 2.08. The zero-order chi connectivity index (χ0) is 19.8. The van der Waals surface area contributed by atoms with E-state index in [0.717, 1.165) is 18.6 Å². The van der Waals surface area contributed by atoms with Gasteiger partial charge in [-0.1, -0.05) is 13.0 Å². The lowest BCUT2D eigenvalue weighted by Crippen LogP contribution is -2.08. The lowest BCUT2D eigenvalue weighted by molar-refractivity contribution is -0.387. The molecule has 1 amide bonds. The van der Waals surface area contributed by atoms with Gasteiger partial charge in [-0.3, -0.25) is 14.9 Å². The van der Waals surface area contributed by atoms with Gasteiger partial charge >= 0.3 is 5.69 Å². The summed E-state index contributed by atoms with van der Waals surface area (Å²) < 4.78 is 24.2. The van der Waals surface area contributed by atoms with E-state index in [1.165, 1.54) is 19.3 Å². The number of nitro groups is 1. The van der Waals surface area contributed by atoms with E-state index < -0.39 is 22.3 Å². The number of rotatable bonds is 8. The standard InChI is InChI=1S/C19H19FN2O5/c1-3-10-27-17-8-4-13(11-18(17)26-2)5-9-19(23)21-14-6-7-15(20)16(12-14)22(24)25/h4-9,11-12H,3,10H2,1-2H3,(H,21,23). The summed E-state index contributed by atoms with van der Waals surface area (Å²) in [6.45, 7) is 2.57. The second-order valence-electron chi connectivity index (χ2n) is 5.50. The van der Waals surface area contributed by atoms with Gasteiger partial charge in [-0.2, -0.15) is 4.39 Å². The van der Waals surface area contributed by atoms with Crippen molar-refractivity contribution in [2.75, 3.05) is 19.0 Å². The second kappa shape index (κ2) is 9.33. The van der Waals surface area contributed by atoms with E-state index >= 15 is 0 Å². The molecule has 27 heavy (non-hydrogen) atoms. The highest BCUT2D eigenvalue weighted by molar-refractivity contribution is 6.02. The molecule has 0 radical (unpaired) electrons. The summed E-state index contributed by atoms with van der Waals surface area (Å²) >= 11 is 0. The van der Waals surface area contributed by atoms with Crippen LogP contribution in [-0.2, 0) is 4.79 Å². The minimum Gasteiger partial charge on any atom is -0.493 e. The van der Waals surface area contributed by atoms with Crippen molar-refractivity contribution < 1.29 is 23.6 Å². The fourth-order valence-electron chi connectivity index (χ4n) is 2.21. The molecule has 0 spiro atoms. The van der Waals surface area contributed by atoms with Gasteiger partial charge in [-0.05, 0) is 42.3 Å². The highest BCUT2D eigenvalue weighted by atomic mass is 19.1. The van der Waals surface area contributed by atoms with E-state index in [1.54, 1.807) is 24.3 Å². The Bertz CT molecular complexity index is 867. The van der Waals surface area contributed by atoms with Crippen molar-refractivity contribution in [3.63, 3.8) is 0 Å². The highest BCUT2D eigenvalue weighted by Gasteiger charge is 2.14. The Morgan fingerprint density at radius 1 is 1.26 bits per heavy atom. The van der Waals surface area contributed by atoms with Crippen LogP contribution in [0.2, 0.25) is 0 Å². The Morgan fingerprint density at radius 2 is 2.04 bits per heavy atom. The van der Waals surface area contributed by atoms with Crippen LogP contribution in [-0.4, -0.2) is 24.5 Å². The molecule has 0 aliphatic heterocycles. The molecule has 0 aliphatic rings. The fraction of sp³-hybridized carbons (Fsp3) is 0.211. The minimum atomic E-state index is -0.967. The molecule has 2 aromatic rings. The molecular weight excluding hydrogens is 355 g/mol. The summed E-state index contributed by atoms with van der Waals surface area (Å²) in [6.07, 6.45) is 3.68. The number of hydrogen-bond donors (Lipinski definition) is 1. The van der Waals surface area contributed by atoms with Gasteiger partial charge in [0.25, 0.3) is 0 Å². The van der Waals surface area contributed by atoms with Gasteiger partial charge in [-0.15, -0.1) is 0 Å². The van der Waals surface area contributed by atoms with Crippen molar-refractivity contribution in [3.8, 4) is 11.5 Å². The van der Waals surface area contributed by atoms with Crippen LogP contribution >= 0.6 is 0 Å². The number of halogens is 1. The number of benzene rings is 2. The van der Waals surface area contributed by atoms with Crippen LogP contribution in [0, 0.1) is 15.9 Å². The maximum absolute atomic E-state index is 13.3. The Kier molecular flexibility index (Phi) is 6.87. The SMILES string of the molecule is CCCOc1ccc(C=CC(=O)Nc2ccc(F)c([N+](=O)[O-])c2)cc1OC. The Morgan fingerprint density at radius 3 is 2.70 bits per heavy atom. The average molecular weight is 374 g/mol. The first kappa shape index (κ1) is 19.9. The van der Waals surface area contributed by atoms with E-state index in [4.69, 9.17) is 9.47 Å². The molecule has 8 heteroatoms. The second-order valence-corrected chi connectivity index (χ2v) is 5.50. The molecular formula is C19H19FN2O5. The number of methoxy groups -OCH3 is 1. The number of carbonyl (C=O) groups excluding carboxylic acids is 1. The topological polar surface area (TPSA) is 90.7 Å². The number of hydrogen-bond acceptors (Lipinski definition) is 5. The number of nitrogens with one attached hydrogen (secondary N) is 1. The van der Waals surface area contributed by atoms with Crippen LogP contribution in [0.5, 0.6) is 11.5 Å². The molecule has 0 aromatic heterocycles. The predicted octanol–water partition coefficient (Wildman–Crippen LogP) is 4.18. The van der Waals surface area contributed by atoms with Crippen molar-refractivity contribution in [3.05, 3.63) is 64.0 Å². The van der Waals surface area contributed by atoms with Gasteiger partial charge in [0.15, 0.2) is 11.5 Å². The van der Waals surface area contributed by atoms with Gasteiger partial charge in [0.1, 0.15) is 0 Å². The summed E-state index contributed by atoms with van der Waals surface area (Å²) in [6, 6.07) is 8.37. The monoisotopic (exact) mass is 374 g/mol. The van der Waals surface area contributed by atoms with Crippen LogP contribution in [0.4, 0.5) is 15.8 Å². The fourth-order valence-corrected chi connectivity index (χ4v) is 2.21. The third-order valence-electron chi connectivity index (χ3n) is 3.49. The number of nitrogens with zero attached hydrogens (tertiary/aromatic N) is 1. The van der Waals surface area contributed by atoms with E-state index in [-0.39, 0.29) is 5.69 Å². The largest absolute Gasteiger partial charge is 0.493 e. The number of carbonyl (C=O) groups is 1. The van der Waals surface area contributed by atoms with E-state index in [1.807, 2.05) is 6.92 Å². The molecule has 1 N–H and O–H groups in total. The molecule has 0 heterocycles. The Hall–Kier alpha value is -3.42. The smallest absolute Gasteiger partial charge is 0.306 e. The first-order valence-corrected chi connectivity index (χ1v) is 8.18. The normalized spacial score (nSPS) is 10.6. The zero-order valence-corrected chi connectivity index (χ0v) is 14.9. The summed E-state index contributed by atoms with van der Waals surface area (Å²) in [5, 5.41) is 13.2. The van der Waals surface area contributed by atoms with Crippen LogP contribution in [0.3, 0.4) is 0 Å². The first-order chi connectivity index (χ1) is 12.9. The van der Waals surface area contributed by atoms with E-state index in [0.29, 0.717) is 23.7 Å². The van der Waals surface area contributed by atoms with Crippen molar-refractivity contribution in [2.24, 2.45) is 0 Å². The van der Waals surface area contributed by atoms with Gasteiger partial charge in [-0.25, -0.2) is 0 Å². The molecule has 0 fully saturated rings. The summed E-state index contributed by atoms with van der Waals surface area (Å²) in [5.74, 6) is -0.327. The van der Waals surface area contributed by atoms with Crippen molar-refractivity contribution in [2.45, 2.75) is 13.3 Å². The van der Waals surface area contributed by atoms with Gasteiger partial charge in [0.05, 0.1) is 18.6 Å². The van der Waals surface area contributed by atoms with Crippen LogP contribution in [0.25, 0.3) is 6.08 Å². The molecule has 142 valence electrons. The zero-order valence-electron chi connectivity index (χ0n) is 14.9. The van der Waals surface area contributed by atoms with E-state index in [9.17, 15) is 19.3 Å². The first-order valence-electron chi connectivity index (χ1n) is 8.18. The lowest BCUT2D eigenvalue weighted by atomic mass is 10.2. The molecule has 0 saturated heterocycles. The molecule has 2 aromatic carbocycles. The van der Waals surface area contributed by atoms with Crippen molar-refractivity contribution in [1.82, 2.24) is 0 Å². The van der Waals surface area contributed by atoms with Crippen LogP contribution < -0.4 is 14.8 Å². The average Bonchev–Trinajstić information content (AvgIpc) is 2.66. The number of nitro benzene ring substituents is 1. The minimum absolute atomic E-state index is 0.124. The van der Waals surface area contributed by atoms with Crippen molar-refractivity contribution >= 4 is 23.4 Å². The van der Waals surface area contributed by atoms with Gasteiger partial charge < -0.3 is 14.8 Å². The molecule has 2 rings (SSSR count). The molecule has 0 bridgehead atoms. The third-order valence-corrected chi connectivity index (χ3v) is 3.49. The molecule has 0 saturated carbocycles. The molecule has 0 unspecified atom stereocenters. The number of anilines is 1. The molecule has 0 aliphatic carbocycles. The number of amides is 1. The number of ether oxygens (including phenoxy) is 2. The maximum Gasteiger partial charge on any atom is 0.306 e. The van der Waals surface area contributed by atoms with Crippen LogP contribution in [0.1, 0.15) is 18.9 Å². The quantitative estimate of drug-likeness (QED) is 0.425. The van der Waals surface area contributed by atoms with Crippen molar-refractivity contribution in [1.29, 1.82) is 0 Å². The summed E-state index contributed by atoms with van der Waals surface area (Å²) in [7, 11) is 1.52. The molecule has 0 atom stereocenters. The Labute approximate surface area is 155 Å². The maximum atomic E-state index is 13.3.